The molecule has 0 atom stereocenters. The van der Waals surface area contributed by atoms with Gasteiger partial charge < -0.3 is 10.4 Å². The second-order valence-electron chi connectivity index (χ2n) is 7.32. The Hall–Kier alpha value is -3.74. The zero-order valence-electron chi connectivity index (χ0n) is 15.8. The Morgan fingerprint density at radius 3 is 2.72 bits per heavy atom. The van der Waals surface area contributed by atoms with Crippen molar-refractivity contribution in [3.8, 4) is 17.1 Å². The van der Waals surface area contributed by atoms with Crippen LogP contribution in [0.15, 0.2) is 54.9 Å². The Morgan fingerprint density at radius 2 is 2.00 bits per heavy atom. The molecule has 0 radical (unpaired) electrons. The Morgan fingerprint density at radius 1 is 1.17 bits per heavy atom. The van der Waals surface area contributed by atoms with Crippen molar-refractivity contribution in [1.82, 2.24) is 19.7 Å². The quantitative estimate of drug-likeness (QED) is 0.538. The molecule has 1 saturated carbocycles. The van der Waals surface area contributed by atoms with Gasteiger partial charge >= 0.3 is 5.97 Å². The van der Waals surface area contributed by atoms with Crippen molar-refractivity contribution in [2.24, 2.45) is 0 Å². The largest absolute Gasteiger partial charge is 0.478 e. The van der Waals surface area contributed by atoms with Crippen molar-refractivity contribution in [2.45, 2.75) is 25.8 Å². The number of hydrogen-bond donors (Lipinski definition) is 2. The highest BCUT2D eigenvalue weighted by Crippen LogP contribution is 2.32. The molecule has 0 bridgehead atoms. The lowest BCUT2D eigenvalue weighted by atomic mass is 9.99. The van der Waals surface area contributed by atoms with Crippen molar-refractivity contribution in [1.29, 1.82) is 0 Å². The summed E-state index contributed by atoms with van der Waals surface area (Å²) in [6.45, 7) is 2.10. The molecular formula is C22H19N5O2. The lowest BCUT2D eigenvalue weighted by Crippen LogP contribution is -2.09. The number of nitrogens with one attached hydrogen (secondary N) is 1. The van der Waals surface area contributed by atoms with Crippen LogP contribution < -0.4 is 5.32 Å². The van der Waals surface area contributed by atoms with Gasteiger partial charge in [0.1, 0.15) is 5.82 Å². The van der Waals surface area contributed by atoms with Gasteiger partial charge in [0.05, 0.1) is 17.3 Å². The monoisotopic (exact) mass is 385 g/mol. The number of fused-ring (bicyclic) bond motifs is 1. The van der Waals surface area contributed by atoms with Gasteiger partial charge in [-0.3, -0.25) is 0 Å². The average Bonchev–Trinajstić information content (AvgIpc) is 3.39. The standard InChI is InChI=1S/C22H19N5O2/c1-13-4-2-3-5-17(13)14-6-9-19-18(10-14)20(24-16-7-8-16)26-22(25-19)27-12-15(11-23-27)21(28)29/h2-6,9-12,16H,7-8H2,1H3,(H,28,29)(H,24,25,26). The van der Waals surface area contributed by atoms with Gasteiger partial charge in [-0.1, -0.05) is 30.3 Å². The van der Waals surface area contributed by atoms with E-state index in [4.69, 9.17) is 5.11 Å². The molecular weight excluding hydrogens is 366 g/mol. The van der Waals surface area contributed by atoms with Gasteiger partial charge in [0, 0.05) is 17.6 Å². The number of aromatic nitrogens is 4. The van der Waals surface area contributed by atoms with Crippen LogP contribution in [0.5, 0.6) is 0 Å². The first kappa shape index (κ1) is 17.4. The molecule has 2 N–H and O–H groups in total. The minimum atomic E-state index is -1.03. The highest BCUT2D eigenvalue weighted by molar-refractivity contribution is 5.93. The number of anilines is 1. The number of aromatic carboxylic acids is 1. The molecule has 7 nitrogen and oxygen atoms in total. The van der Waals surface area contributed by atoms with Crippen LogP contribution >= 0.6 is 0 Å². The fourth-order valence-electron chi connectivity index (χ4n) is 3.36. The van der Waals surface area contributed by atoms with Crippen LogP contribution in [0.4, 0.5) is 5.82 Å². The molecule has 0 unspecified atom stereocenters. The summed E-state index contributed by atoms with van der Waals surface area (Å²) in [6, 6.07) is 14.8. The van der Waals surface area contributed by atoms with Crippen LogP contribution in [0.3, 0.4) is 0 Å². The Kier molecular flexibility index (Phi) is 4.01. The maximum atomic E-state index is 11.2. The third-order valence-electron chi connectivity index (χ3n) is 5.09. The van der Waals surface area contributed by atoms with Crippen LogP contribution in [0, 0.1) is 6.92 Å². The molecule has 1 fully saturated rings. The molecule has 1 aliphatic rings. The van der Waals surface area contributed by atoms with Gasteiger partial charge in [0.25, 0.3) is 5.95 Å². The molecule has 144 valence electrons. The molecule has 4 aromatic rings. The third-order valence-corrected chi connectivity index (χ3v) is 5.09. The summed E-state index contributed by atoms with van der Waals surface area (Å²) in [4.78, 5) is 20.5. The van der Waals surface area contributed by atoms with E-state index in [9.17, 15) is 4.79 Å². The predicted octanol–water partition coefficient (Wildman–Crippen LogP) is 4.06. The summed E-state index contributed by atoms with van der Waals surface area (Å²) in [7, 11) is 0. The van der Waals surface area contributed by atoms with Gasteiger partial charge in [-0.05, 0) is 48.6 Å². The van der Waals surface area contributed by atoms with E-state index < -0.39 is 5.97 Å². The van der Waals surface area contributed by atoms with E-state index in [0.717, 1.165) is 35.1 Å². The second kappa shape index (κ2) is 6.70. The van der Waals surface area contributed by atoms with E-state index in [0.29, 0.717) is 12.0 Å². The maximum Gasteiger partial charge on any atom is 0.338 e. The number of hydrogen-bond acceptors (Lipinski definition) is 5. The number of aryl methyl sites for hydroxylation is 1. The average molecular weight is 385 g/mol. The lowest BCUT2D eigenvalue weighted by Gasteiger charge is -2.12. The highest BCUT2D eigenvalue weighted by Gasteiger charge is 2.23. The van der Waals surface area contributed by atoms with Crippen molar-refractivity contribution < 1.29 is 9.90 Å². The Labute approximate surface area is 167 Å². The molecule has 0 aliphatic heterocycles. The first-order valence-corrected chi connectivity index (χ1v) is 9.51. The number of carbonyl (C=O) groups is 1. The molecule has 5 rings (SSSR count). The van der Waals surface area contributed by atoms with Gasteiger partial charge in [0.15, 0.2) is 0 Å². The van der Waals surface area contributed by atoms with Crippen LogP contribution in [0.2, 0.25) is 0 Å². The van der Waals surface area contributed by atoms with Gasteiger partial charge in [-0.25, -0.2) is 14.5 Å². The van der Waals surface area contributed by atoms with Gasteiger partial charge in [0.2, 0.25) is 0 Å². The van der Waals surface area contributed by atoms with E-state index >= 15 is 0 Å². The van der Waals surface area contributed by atoms with E-state index in [1.54, 1.807) is 0 Å². The summed E-state index contributed by atoms with van der Waals surface area (Å²) in [5.74, 6) is 0.0586. The summed E-state index contributed by atoms with van der Waals surface area (Å²) in [6.07, 6.45) is 4.95. The molecule has 0 amide bonds. The normalized spacial score (nSPS) is 13.6. The number of nitrogens with zero attached hydrogens (tertiary/aromatic N) is 4. The Bertz CT molecular complexity index is 1240. The van der Waals surface area contributed by atoms with E-state index in [1.165, 1.54) is 28.2 Å². The third kappa shape index (κ3) is 3.31. The van der Waals surface area contributed by atoms with Crippen LogP contribution in [0.1, 0.15) is 28.8 Å². The number of rotatable bonds is 5. The van der Waals surface area contributed by atoms with Crippen LogP contribution in [-0.2, 0) is 0 Å². The number of benzene rings is 2. The van der Waals surface area contributed by atoms with E-state index in [1.807, 2.05) is 24.3 Å². The molecule has 2 heterocycles. The maximum absolute atomic E-state index is 11.2. The SMILES string of the molecule is Cc1ccccc1-c1ccc2nc(-n3cc(C(=O)O)cn3)nc(NC3CC3)c2c1. The summed E-state index contributed by atoms with van der Waals surface area (Å²) in [5, 5.41) is 17.7. The molecule has 7 heteroatoms. The van der Waals surface area contributed by atoms with Crippen molar-refractivity contribution >= 4 is 22.7 Å². The van der Waals surface area contributed by atoms with Crippen molar-refractivity contribution in [2.75, 3.05) is 5.32 Å². The molecule has 2 aromatic carbocycles. The second-order valence-corrected chi connectivity index (χ2v) is 7.32. The summed E-state index contributed by atoms with van der Waals surface area (Å²) in [5.41, 5.74) is 4.37. The van der Waals surface area contributed by atoms with Gasteiger partial charge in [-0.2, -0.15) is 10.1 Å². The number of carboxylic acids is 1. The predicted molar refractivity (Wildman–Crippen MR) is 110 cm³/mol. The topological polar surface area (TPSA) is 92.9 Å². The minimum Gasteiger partial charge on any atom is -0.478 e. The fourth-order valence-corrected chi connectivity index (χ4v) is 3.36. The minimum absolute atomic E-state index is 0.0975. The molecule has 1 aliphatic carbocycles. The van der Waals surface area contributed by atoms with E-state index in [-0.39, 0.29) is 5.56 Å². The van der Waals surface area contributed by atoms with Gasteiger partial charge in [-0.15, -0.1) is 0 Å². The van der Waals surface area contributed by atoms with Crippen LogP contribution in [0.25, 0.3) is 28.0 Å². The zero-order valence-corrected chi connectivity index (χ0v) is 15.8. The molecule has 2 aromatic heterocycles. The van der Waals surface area contributed by atoms with Crippen molar-refractivity contribution in [3.05, 3.63) is 66.0 Å². The summed E-state index contributed by atoms with van der Waals surface area (Å²) < 4.78 is 1.40. The molecule has 0 saturated heterocycles. The Balaban J connectivity index is 1.65. The highest BCUT2D eigenvalue weighted by atomic mass is 16.4. The van der Waals surface area contributed by atoms with E-state index in [2.05, 4.69) is 45.5 Å². The zero-order chi connectivity index (χ0) is 20.0. The van der Waals surface area contributed by atoms with Crippen LogP contribution in [-0.4, -0.2) is 36.9 Å². The first-order chi connectivity index (χ1) is 14.1. The lowest BCUT2D eigenvalue weighted by molar-refractivity contribution is 0.0697. The smallest absolute Gasteiger partial charge is 0.338 e. The number of carboxylic acid groups (broad SMARTS) is 1. The fraction of sp³-hybridized carbons (Fsp3) is 0.182. The summed E-state index contributed by atoms with van der Waals surface area (Å²) >= 11 is 0. The first-order valence-electron chi connectivity index (χ1n) is 9.51. The van der Waals surface area contributed by atoms with Crippen molar-refractivity contribution in [3.63, 3.8) is 0 Å². The molecule has 29 heavy (non-hydrogen) atoms. The molecule has 0 spiro atoms.